The van der Waals surface area contributed by atoms with Crippen LogP contribution in [0.25, 0.3) is 0 Å². The van der Waals surface area contributed by atoms with E-state index in [2.05, 4.69) is 5.32 Å². The van der Waals surface area contributed by atoms with Gasteiger partial charge in [0, 0.05) is 6.42 Å². The highest BCUT2D eigenvalue weighted by Gasteiger charge is 2.12. The first-order valence-electron chi connectivity index (χ1n) is 6.02. The first kappa shape index (κ1) is 13.2. The molecule has 0 saturated carbocycles. The quantitative estimate of drug-likeness (QED) is 0.814. The van der Waals surface area contributed by atoms with E-state index in [9.17, 15) is 9.59 Å². The minimum Gasteiger partial charge on any atom is -0.486 e. The fourth-order valence-electron chi connectivity index (χ4n) is 1.76. The van der Waals surface area contributed by atoms with Crippen molar-refractivity contribution in [3.63, 3.8) is 0 Å². The molecule has 1 aromatic carbocycles. The number of carboxylic acids is 1. The van der Waals surface area contributed by atoms with Crippen molar-refractivity contribution in [1.82, 2.24) is 5.32 Å². The molecule has 2 rings (SSSR count). The van der Waals surface area contributed by atoms with E-state index in [0.29, 0.717) is 31.1 Å². The molecule has 0 radical (unpaired) electrons. The summed E-state index contributed by atoms with van der Waals surface area (Å²) in [7, 11) is 0. The monoisotopic (exact) mass is 265 g/mol. The number of ether oxygens (including phenoxy) is 2. The second-order valence-electron chi connectivity index (χ2n) is 4.15. The summed E-state index contributed by atoms with van der Waals surface area (Å²) in [5, 5.41) is 10.8. The maximum atomic E-state index is 11.4. The number of hydrogen-bond donors (Lipinski definition) is 2. The molecule has 1 aliphatic rings. The van der Waals surface area contributed by atoms with Crippen molar-refractivity contribution in [1.29, 1.82) is 0 Å². The molecular formula is C13H15NO5. The maximum Gasteiger partial charge on any atom is 0.322 e. The van der Waals surface area contributed by atoms with E-state index in [4.69, 9.17) is 14.6 Å². The molecule has 0 fully saturated rings. The summed E-state index contributed by atoms with van der Waals surface area (Å²) in [5.41, 5.74) is 0.953. The molecule has 0 saturated heterocycles. The van der Waals surface area contributed by atoms with Crippen molar-refractivity contribution >= 4 is 11.9 Å². The van der Waals surface area contributed by atoms with Gasteiger partial charge in [-0.3, -0.25) is 9.59 Å². The van der Waals surface area contributed by atoms with E-state index in [1.54, 1.807) is 0 Å². The Balaban J connectivity index is 1.86. The van der Waals surface area contributed by atoms with Crippen LogP contribution >= 0.6 is 0 Å². The van der Waals surface area contributed by atoms with Gasteiger partial charge in [-0.2, -0.15) is 0 Å². The number of aryl methyl sites for hydroxylation is 1. The van der Waals surface area contributed by atoms with E-state index < -0.39 is 5.97 Å². The number of hydrogen-bond acceptors (Lipinski definition) is 4. The molecule has 0 aromatic heterocycles. The molecule has 0 aliphatic carbocycles. The summed E-state index contributed by atoms with van der Waals surface area (Å²) in [6.07, 6.45) is 0.773. The zero-order valence-electron chi connectivity index (χ0n) is 10.3. The van der Waals surface area contributed by atoms with Gasteiger partial charge in [-0.25, -0.2) is 0 Å². The summed E-state index contributed by atoms with van der Waals surface area (Å²) in [6, 6.07) is 5.54. The molecule has 1 aliphatic heterocycles. The smallest absolute Gasteiger partial charge is 0.322 e. The Kier molecular flexibility index (Phi) is 4.22. The topological polar surface area (TPSA) is 84.9 Å². The second kappa shape index (κ2) is 6.08. The molecule has 0 atom stereocenters. The fraction of sp³-hybridized carbons (Fsp3) is 0.385. The summed E-state index contributed by atoms with van der Waals surface area (Å²) < 4.78 is 10.8. The van der Waals surface area contributed by atoms with Gasteiger partial charge in [0.05, 0.1) is 0 Å². The van der Waals surface area contributed by atoms with Crippen LogP contribution in [-0.4, -0.2) is 36.7 Å². The molecular weight excluding hydrogens is 250 g/mol. The van der Waals surface area contributed by atoms with Gasteiger partial charge in [-0.15, -0.1) is 0 Å². The zero-order valence-corrected chi connectivity index (χ0v) is 10.3. The number of carbonyl (C=O) groups excluding carboxylic acids is 1. The third-order valence-electron chi connectivity index (χ3n) is 2.68. The second-order valence-corrected chi connectivity index (χ2v) is 4.15. The van der Waals surface area contributed by atoms with Crippen LogP contribution in [-0.2, 0) is 16.0 Å². The minimum atomic E-state index is -1.05. The molecule has 0 bridgehead atoms. The van der Waals surface area contributed by atoms with Gasteiger partial charge in [-0.05, 0) is 24.1 Å². The molecule has 1 heterocycles. The zero-order chi connectivity index (χ0) is 13.7. The number of amides is 1. The molecule has 102 valence electrons. The molecule has 1 amide bonds. The number of aliphatic carboxylic acids is 1. The predicted octanol–water partition coefficient (Wildman–Crippen LogP) is 0.591. The van der Waals surface area contributed by atoms with Crippen molar-refractivity contribution in [3.05, 3.63) is 23.8 Å². The Morgan fingerprint density at radius 1 is 1.21 bits per heavy atom. The lowest BCUT2D eigenvalue weighted by molar-refractivity contribution is -0.137. The Morgan fingerprint density at radius 2 is 1.95 bits per heavy atom. The van der Waals surface area contributed by atoms with E-state index in [1.165, 1.54) is 0 Å². The number of carbonyl (C=O) groups is 2. The average molecular weight is 265 g/mol. The van der Waals surface area contributed by atoms with Gasteiger partial charge in [0.15, 0.2) is 11.5 Å². The maximum absolute atomic E-state index is 11.4. The lowest BCUT2D eigenvalue weighted by Crippen LogP contribution is -2.29. The average Bonchev–Trinajstić information content (AvgIpc) is 2.42. The highest BCUT2D eigenvalue weighted by molar-refractivity contribution is 5.81. The Bertz CT molecular complexity index is 486. The lowest BCUT2D eigenvalue weighted by Gasteiger charge is -2.18. The standard InChI is InChI=1S/C13H15NO5/c15-12(14-8-13(16)17)4-2-9-1-3-10-11(7-9)19-6-5-18-10/h1,3,7H,2,4-6,8H2,(H,14,15)(H,16,17). The SMILES string of the molecule is O=C(O)CNC(=O)CCc1ccc2c(c1)OCCO2. The van der Waals surface area contributed by atoms with E-state index in [-0.39, 0.29) is 18.9 Å². The number of benzene rings is 1. The highest BCUT2D eigenvalue weighted by Crippen LogP contribution is 2.30. The first-order valence-corrected chi connectivity index (χ1v) is 6.02. The first-order chi connectivity index (χ1) is 9.15. The fourth-order valence-corrected chi connectivity index (χ4v) is 1.76. The van der Waals surface area contributed by atoms with E-state index in [1.807, 2.05) is 18.2 Å². The summed E-state index contributed by atoms with van der Waals surface area (Å²) >= 11 is 0. The largest absolute Gasteiger partial charge is 0.486 e. The summed E-state index contributed by atoms with van der Waals surface area (Å²) in [6.45, 7) is 0.722. The van der Waals surface area contributed by atoms with Gasteiger partial charge >= 0.3 is 5.97 Å². The number of fused-ring (bicyclic) bond motifs is 1. The summed E-state index contributed by atoms with van der Waals surface area (Å²) in [4.78, 5) is 21.7. The van der Waals surface area contributed by atoms with Gasteiger partial charge < -0.3 is 19.9 Å². The third kappa shape index (κ3) is 3.87. The van der Waals surface area contributed by atoms with Crippen molar-refractivity contribution in [2.75, 3.05) is 19.8 Å². The van der Waals surface area contributed by atoms with Gasteiger partial charge in [0.25, 0.3) is 0 Å². The normalized spacial score (nSPS) is 12.8. The van der Waals surface area contributed by atoms with Crippen LogP contribution in [0.2, 0.25) is 0 Å². The molecule has 2 N–H and O–H groups in total. The number of rotatable bonds is 5. The highest BCUT2D eigenvalue weighted by atomic mass is 16.6. The van der Waals surface area contributed by atoms with Crippen LogP contribution < -0.4 is 14.8 Å². The van der Waals surface area contributed by atoms with Crippen molar-refractivity contribution < 1.29 is 24.2 Å². The van der Waals surface area contributed by atoms with Crippen LogP contribution in [0.15, 0.2) is 18.2 Å². The number of carboxylic acid groups (broad SMARTS) is 1. The predicted molar refractivity (Wildman–Crippen MR) is 66.4 cm³/mol. The molecule has 6 nitrogen and oxygen atoms in total. The lowest BCUT2D eigenvalue weighted by atomic mass is 10.1. The third-order valence-corrected chi connectivity index (χ3v) is 2.68. The Labute approximate surface area is 110 Å². The Morgan fingerprint density at radius 3 is 2.68 bits per heavy atom. The van der Waals surface area contributed by atoms with Crippen molar-refractivity contribution in [2.45, 2.75) is 12.8 Å². The van der Waals surface area contributed by atoms with Crippen molar-refractivity contribution in [2.24, 2.45) is 0 Å². The molecule has 0 unspecified atom stereocenters. The van der Waals surface area contributed by atoms with E-state index >= 15 is 0 Å². The molecule has 6 heteroatoms. The molecule has 19 heavy (non-hydrogen) atoms. The Hall–Kier alpha value is -2.24. The van der Waals surface area contributed by atoms with Crippen LogP contribution in [0.1, 0.15) is 12.0 Å². The van der Waals surface area contributed by atoms with E-state index in [0.717, 1.165) is 5.56 Å². The number of nitrogens with one attached hydrogen (secondary N) is 1. The molecule has 1 aromatic rings. The van der Waals surface area contributed by atoms with Crippen LogP contribution in [0.5, 0.6) is 11.5 Å². The minimum absolute atomic E-state index is 0.243. The van der Waals surface area contributed by atoms with Gasteiger partial charge in [0.1, 0.15) is 19.8 Å². The van der Waals surface area contributed by atoms with Crippen LogP contribution in [0, 0.1) is 0 Å². The van der Waals surface area contributed by atoms with Gasteiger partial charge in [-0.1, -0.05) is 6.07 Å². The summed E-state index contributed by atoms with van der Waals surface area (Å²) in [5.74, 6) is 0.0741. The molecule has 0 spiro atoms. The van der Waals surface area contributed by atoms with Crippen molar-refractivity contribution in [3.8, 4) is 11.5 Å². The van der Waals surface area contributed by atoms with Crippen LogP contribution in [0.4, 0.5) is 0 Å². The van der Waals surface area contributed by atoms with Crippen LogP contribution in [0.3, 0.4) is 0 Å². The van der Waals surface area contributed by atoms with Gasteiger partial charge in [0.2, 0.25) is 5.91 Å².